The topological polar surface area (TPSA) is 38.4 Å². The van der Waals surface area contributed by atoms with Gasteiger partial charge in [-0.15, -0.1) is 0 Å². The third-order valence-corrected chi connectivity index (χ3v) is 2.41. The lowest BCUT2D eigenvalue weighted by molar-refractivity contribution is 0.579. The molecule has 0 amide bonds. The molecule has 0 heterocycles. The molecular formula is C12H16F2N2. The number of aliphatic imine (C=N–C) groups is 1. The molecule has 0 saturated carbocycles. The van der Waals surface area contributed by atoms with E-state index in [0.29, 0.717) is 12.0 Å². The highest BCUT2D eigenvalue weighted by Crippen LogP contribution is 2.27. The van der Waals surface area contributed by atoms with E-state index in [2.05, 4.69) is 11.9 Å². The number of rotatable bonds is 5. The third kappa shape index (κ3) is 3.02. The van der Waals surface area contributed by atoms with Crippen molar-refractivity contribution in [2.24, 2.45) is 10.7 Å². The van der Waals surface area contributed by atoms with E-state index in [9.17, 15) is 8.78 Å². The second kappa shape index (κ2) is 6.20. The Labute approximate surface area is 94.2 Å². The van der Waals surface area contributed by atoms with E-state index < -0.39 is 11.6 Å². The summed E-state index contributed by atoms with van der Waals surface area (Å²) in [5.74, 6) is -0.951. The molecular weight excluding hydrogens is 210 g/mol. The zero-order valence-corrected chi connectivity index (χ0v) is 9.34. The summed E-state index contributed by atoms with van der Waals surface area (Å²) in [6.45, 7) is 2.06. The summed E-state index contributed by atoms with van der Waals surface area (Å²) in [5, 5.41) is 0. The van der Waals surface area contributed by atoms with Gasteiger partial charge in [-0.3, -0.25) is 0 Å². The monoisotopic (exact) mass is 226 g/mol. The number of hydrogen-bond acceptors (Lipinski definition) is 1. The first kappa shape index (κ1) is 12.6. The molecule has 0 aliphatic heterocycles. The van der Waals surface area contributed by atoms with Crippen LogP contribution in [0.15, 0.2) is 17.1 Å². The maximum atomic E-state index is 13.5. The van der Waals surface area contributed by atoms with Gasteiger partial charge in [0, 0.05) is 5.56 Å². The summed E-state index contributed by atoms with van der Waals surface area (Å²) in [5.41, 5.74) is 5.46. The zero-order valence-electron chi connectivity index (χ0n) is 9.34. The van der Waals surface area contributed by atoms with Crippen LogP contribution in [0.1, 0.15) is 31.7 Å². The Morgan fingerprint density at radius 3 is 2.56 bits per heavy atom. The molecule has 0 spiro atoms. The van der Waals surface area contributed by atoms with Crippen LogP contribution in [0.2, 0.25) is 0 Å². The summed E-state index contributed by atoms with van der Waals surface area (Å²) in [6, 6.07) is 2.20. The van der Waals surface area contributed by atoms with Crippen LogP contribution in [0.4, 0.5) is 14.5 Å². The second-order valence-corrected chi connectivity index (χ2v) is 3.59. The fourth-order valence-corrected chi connectivity index (χ4v) is 1.59. The first-order valence-corrected chi connectivity index (χ1v) is 5.41. The van der Waals surface area contributed by atoms with Gasteiger partial charge in [-0.25, -0.2) is 13.8 Å². The summed E-state index contributed by atoms with van der Waals surface area (Å²) >= 11 is 0. The Hall–Kier alpha value is -1.45. The fourth-order valence-electron chi connectivity index (χ4n) is 1.59. The van der Waals surface area contributed by atoms with Crippen LogP contribution in [0.25, 0.3) is 0 Å². The minimum Gasteiger partial charge on any atom is -0.390 e. The van der Waals surface area contributed by atoms with Gasteiger partial charge in [0.05, 0.1) is 6.34 Å². The molecule has 4 heteroatoms. The number of benzene rings is 1. The predicted octanol–water partition coefficient (Wildman–Crippen LogP) is 3.32. The van der Waals surface area contributed by atoms with Gasteiger partial charge in [-0.2, -0.15) is 0 Å². The van der Waals surface area contributed by atoms with Crippen LogP contribution in [-0.2, 0) is 6.42 Å². The number of unbranched alkanes of at least 4 members (excludes halogenated alkanes) is 2. The van der Waals surface area contributed by atoms with Crippen molar-refractivity contribution >= 4 is 12.0 Å². The first-order valence-electron chi connectivity index (χ1n) is 5.41. The summed E-state index contributed by atoms with van der Waals surface area (Å²) in [6.07, 6.45) is 4.32. The zero-order chi connectivity index (χ0) is 12.0. The molecule has 16 heavy (non-hydrogen) atoms. The van der Waals surface area contributed by atoms with Gasteiger partial charge < -0.3 is 5.73 Å². The van der Waals surface area contributed by atoms with E-state index in [-0.39, 0.29) is 5.69 Å². The van der Waals surface area contributed by atoms with E-state index >= 15 is 0 Å². The fraction of sp³-hybridized carbons (Fsp3) is 0.417. The van der Waals surface area contributed by atoms with E-state index in [1.165, 1.54) is 0 Å². The van der Waals surface area contributed by atoms with Crippen LogP contribution in [0, 0.1) is 11.6 Å². The van der Waals surface area contributed by atoms with Crippen LogP contribution >= 0.6 is 0 Å². The molecule has 0 fully saturated rings. The van der Waals surface area contributed by atoms with Crippen molar-refractivity contribution in [3.05, 3.63) is 29.3 Å². The molecule has 0 bridgehead atoms. The average molecular weight is 226 g/mol. The van der Waals surface area contributed by atoms with E-state index in [1.807, 2.05) is 0 Å². The summed E-state index contributed by atoms with van der Waals surface area (Å²) < 4.78 is 26.9. The predicted molar refractivity (Wildman–Crippen MR) is 61.9 cm³/mol. The molecule has 0 atom stereocenters. The Morgan fingerprint density at radius 1 is 1.25 bits per heavy atom. The minimum atomic E-state index is -0.533. The third-order valence-electron chi connectivity index (χ3n) is 2.41. The number of hydrogen-bond donors (Lipinski definition) is 1. The summed E-state index contributed by atoms with van der Waals surface area (Å²) in [7, 11) is 0. The maximum absolute atomic E-state index is 13.5. The standard InChI is InChI=1S/C12H16F2N2/c1-2-3-4-5-9-10(13)6-7-11(14)12(9)16-8-15/h6-8H,2-5H2,1H3,(H2,15,16). The number of nitrogens with two attached hydrogens (primary N) is 1. The van der Waals surface area contributed by atoms with Crippen LogP contribution in [0.3, 0.4) is 0 Å². The molecule has 0 radical (unpaired) electrons. The SMILES string of the molecule is CCCCCc1c(F)ccc(F)c1/N=C\N. The molecule has 1 aromatic carbocycles. The second-order valence-electron chi connectivity index (χ2n) is 3.59. The van der Waals surface area contributed by atoms with Gasteiger partial charge >= 0.3 is 0 Å². The van der Waals surface area contributed by atoms with Gasteiger partial charge in [-0.05, 0) is 25.0 Å². The maximum Gasteiger partial charge on any atom is 0.149 e. The molecule has 0 aliphatic carbocycles. The van der Waals surface area contributed by atoms with Gasteiger partial charge in [-0.1, -0.05) is 19.8 Å². The van der Waals surface area contributed by atoms with Crippen molar-refractivity contribution in [1.82, 2.24) is 0 Å². The molecule has 0 unspecified atom stereocenters. The average Bonchev–Trinajstić information content (AvgIpc) is 2.27. The number of halogens is 2. The van der Waals surface area contributed by atoms with Gasteiger partial charge in [0.25, 0.3) is 0 Å². The minimum absolute atomic E-state index is 0.0265. The lowest BCUT2D eigenvalue weighted by Gasteiger charge is -2.07. The Bertz CT molecular complexity index is 376. The lowest BCUT2D eigenvalue weighted by Crippen LogP contribution is -1.96. The van der Waals surface area contributed by atoms with Gasteiger partial charge in [0.15, 0.2) is 0 Å². The molecule has 1 rings (SSSR count). The quantitative estimate of drug-likeness (QED) is 0.467. The Kier molecular flexibility index (Phi) is 4.89. The molecule has 0 saturated heterocycles. The van der Waals surface area contributed by atoms with E-state index in [1.54, 1.807) is 0 Å². The van der Waals surface area contributed by atoms with Gasteiger partial charge in [0.2, 0.25) is 0 Å². The van der Waals surface area contributed by atoms with Crippen LogP contribution in [-0.4, -0.2) is 6.34 Å². The molecule has 2 N–H and O–H groups in total. The van der Waals surface area contributed by atoms with Gasteiger partial charge in [0.1, 0.15) is 17.3 Å². The van der Waals surface area contributed by atoms with Crippen molar-refractivity contribution < 1.29 is 8.78 Å². The van der Waals surface area contributed by atoms with Crippen molar-refractivity contribution in [2.75, 3.05) is 0 Å². The van der Waals surface area contributed by atoms with Crippen molar-refractivity contribution in [3.8, 4) is 0 Å². The molecule has 0 aromatic heterocycles. The normalized spacial score (nSPS) is 11.2. The highest BCUT2D eigenvalue weighted by atomic mass is 19.1. The lowest BCUT2D eigenvalue weighted by atomic mass is 10.0. The number of nitrogens with zero attached hydrogens (tertiary/aromatic N) is 1. The van der Waals surface area contributed by atoms with Crippen LogP contribution < -0.4 is 5.73 Å². The first-order chi connectivity index (χ1) is 7.70. The highest BCUT2D eigenvalue weighted by Gasteiger charge is 2.12. The molecule has 1 aromatic rings. The largest absolute Gasteiger partial charge is 0.390 e. The molecule has 88 valence electrons. The van der Waals surface area contributed by atoms with E-state index in [0.717, 1.165) is 37.7 Å². The van der Waals surface area contributed by atoms with Crippen molar-refractivity contribution in [2.45, 2.75) is 32.6 Å². The Morgan fingerprint density at radius 2 is 1.94 bits per heavy atom. The Balaban J connectivity index is 2.98. The van der Waals surface area contributed by atoms with Crippen molar-refractivity contribution in [3.63, 3.8) is 0 Å². The molecule has 0 aliphatic rings. The van der Waals surface area contributed by atoms with E-state index in [4.69, 9.17) is 5.73 Å². The van der Waals surface area contributed by atoms with Crippen LogP contribution in [0.5, 0.6) is 0 Å². The summed E-state index contributed by atoms with van der Waals surface area (Å²) in [4.78, 5) is 3.68. The highest BCUT2D eigenvalue weighted by molar-refractivity contribution is 5.61. The van der Waals surface area contributed by atoms with Crippen molar-refractivity contribution in [1.29, 1.82) is 0 Å². The smallest absolute Gasteiger partial charge is 0.149 e. The molecule has 2 nitrogen and oxygen atoms in total.